The van der Waals surface area contributed by atoms with E-state index in [1.54, 1.807) is 24.3 Å². The average molecular weight is 265 g/mol. The summed E-state index contributed by atoms with van der Waals surface area (Å²) in [6.45, 7) is 1.36. The van der Waals surface area contributed by atoms with Gasteiger partial charge in [0, 0.05) is 24.2 Å². The van der Waals surface area contributed by atoms with Crippen molar-refractivity contribution in [2.24, 2.45) is 0 Å². The van der Waals surface area contributed by atoms with Crippen molar-refractivity contribution in [3.05, 3.63) is 70.8 Å². The smallest absolute Gasteiger partial charge is 0.254 e. The molecule has 2 aromatic carbocycles. The zero-order valence-electron chi connectivity index (χ0n) is 11.1. The SMILES string of the molecule is O=Cc1cccc(C(=O)N2CCc3ccccc3C2)c1. The first kappa shape index (κ1) is 12.6. The fraction of sp³-hybridized carbons (Fsp3) is 0.176. The summed E-state index contributed by atoms with van der Waals surface area (Å²) < 4.78 is 0. The molecule has 0 fully saturated rings. The van der Waals surface area contributed by atoms with Gasteiger partial charge in [-0.05, 0) is 29.7 Å². The highest BCUT2D eigenvalue weighted by atomic mass is 16.2. The van der Waals surface area contributed by atoms with Gasteiger partial charge in [-0.25, -0.2) is 0 Å². The van der Waals surface area contributed by atoms with Crippen molar-refractivity contribution in [3.8, 4) is 0 Å². The molecule has 0 atom stereocenters. The zero-order valence-corrected chi connectivity index (χ0v) is 11.1. The van der Waals surface area contributed by atoms with E-state index in [0.29, 0.717) is 17.7 Å². The number of rotatable bonds is 2. The van der Waals surface area contributed by atoms with Gasteiger partial charge in [0.05, 0.1) is 0 Å². The standard InChI is InChI=1S/C17H15NO2/c19-12-13-4-3-7-15(10-13)17(20)18-9-8-14-5-1-2-6-16(14)11-18/h1-7,10,12H,8-9,11H2. The molecule has 0 aliphatic carbocycles. The lowest BCUT2D eigenvalue weighted by Crippen LogP contribution is -2.35. The molecular weight excluding hydrogens is 250 g/mol. The number of nitrogens with zero attached hydrogens (tertiary/aromatic N) is 1. The fourth-order valence-electron chi connectivity index (χ4n) is 2.60. The summed E-state index contributed by atoms with van der Waals surface area (Å²) in [6.07, 6.45) is 1.65. The minimum atomic E-state index is -0.0109. The van der Waals surface area contributed by atoms with Crippen LogP contribution < -0.4 is 0 Å². The molecular formula is C17H15NO2. The van der Waals surface area contributed by atoms with Crippen LogP contribution in [0.15, 0.2) is 48.5 Å². The van der Waals surface area contributed by atoms with Crippen LogP contribution in [0.2, 0.25) is 0 Å². The zero-order chi connectivity index (χ0) is 13.9. The van der Waals surface area contributed by atoms with Crippen LogP contribution in [-0.2, 0) is 13.0 Å². The van der Waals surface area contributed by atoms with Gasteiger partial charge in [-0.1, -0.05) is 36.4 Å². The minimum Gasteiger partial charge on any atom is -0.334 e. The van der Waals surface area contributed by atoms with Gasteiger partial charge in [0.25, 0.3) is 5.91 Å². The molecule has 3 heteroatoms. The second kappa shape index (κ2) is 5.29. The fourth-order valence-corrected chi connectivity index (χ4v) is 2.60. The van der Waals surface area contributed by atoms with E-state index in [1.807, 2.05) is 17.0 Å². The van der Waals surface area contributed by atoms with Crippen molar-refractivity contribution in [2.45, 2.75) is 13.0 Å². The lowest BCUT2D eigenvalue weighted by molar-refractivity contribution is 0.0734. The number of carbonyl (C=O) groups is 2. The molecule has 100 valence electrons. The van der Waals surface area contributed by atoms with Crippen molar-refractivity contribution in [2.75, 3.05) is 6.54 Å². The Morgan fingerprint density at radius 3 is 2.65 bits per heavy atom. The summed E-state index contributed by atoms with van der Waals surface area (Å²) in [5.41, 5.74) is 3.64. The molecule has 0 unspecified atom stereocenters. The topological polar surface area (TPSA) is 37.4 Å². The number of aldehydes is 1. The number of carbonyl (C=O) groups excluding carboxylic acids is 2. The van der Waals surface area contributed by atoms with Crippen LogP contribution in [0.25, 0.3) is 0 Å². The Morgan fingerprint density at radius 1 is 1.05 bits per heavy atom. The van der Waals surface area contributed by atoms with Gasteiger partial charge in [-0.15, -0.1) is 0 Å². The van der Waals surface area contributed by atoms with E-state index in [9.17, 15) is 9.59 Å². The summed E-state index contributed by atoms with van der Waals surface area (Å²) in [5, 5.41) is 0. The van der Waals surface area contributed by atoms with E-state index in [-0.39, 0.29) is 5.91 Å². The maximum Gasteiger partial charge on any atom is 0.254 e. The summed E-state index contributed by atoms with van der Waals surface area (Å²) in [6, 6.07) is 15.1. The predicted octanol–water partition coefficient (Wildman–Crippen LogP) is 2.70. The van der Waals surface area contributed by atoms with Crippen molar-refractivity contribution >= 4 is 12.2 Å². The van der Waals surface area contributed by atoms with Gasteiger partial charge in [0.15, 0.2) is 0 Å². The highest BCUT2D eigenvalue weighted by Gasteiger charge is 2.21. The number of hydrogen-bond donors (Lipinski definition) is 0. The Morgan fingerprint density at radius 2 is 1.85 bits per heavy atom. The van der Waals surface area contributed by atoms with Crippen molar-refractivity contribution in [1.82, 2.24) is 4.90 Å². The van der Waals surface area contributed by atoms with Crippen LogP contribution in [-0.4, -0.2) is 23.6 Å². The molecule has 0 aromatic heterocycles. The van der Waals surface area contributed by atoms with E-state index >= 15 is 0 Å². The minimum absolute atomic E-state index is 0.0109. The highest BCUT2D eigenvalue weighted by molar-refractivity contribution is 5.95. The quantitative estimate of drug-likeness (QED) is 0.783. The third-order valence-electron chi connectivity index (χ3n) is 3.69. The Bertz CT molecular complexity index is 664. The molecule has 0 radical (unpaired) electrons. The summed E-state index contributed by atoms with van der Waals surface area (Å²) in [4.78, 5) is 25.1. The number of amides is 1. The largest absolute Gasteiger partial charge is 0.334 e. The molecule has 3 nitrogen and oxygen atoms in total. The van der Waals surface area contributed by atoms with E-state index in [0.717, 1.165) is 19.3 Å². The Hall–Kier alpha value is -2.42. The van der Waals surface area contributed by atoms with Gasteiger partial charge in [0.1, 0.15) is 6.29 Å². The van der Waals surface area contributed by atoms with Crippen molar-refractivity contribution in [3.63, 3.8) is 0 Å². The van der Waals surface area contributed by atoms with Gasteiger partial charge in [-0.2, -0.15) is 0 Å². The maximum absolute atomic E-state index is 12.5. The average Bonchev–Trinajstić information content (AvgIpc) is 2.53. The van der Waals surface area contributed by atoms with Crippen LogP contribution in [0.3, 0.4) is 0 Å². The summed E-state index contributed by atoms with van der Waals surface area (Å²) in [7, 11) is 0. The van der Waals surface area contributed by atoms with Crippen molar-refractivity contribution in [1.29, 1.82) is 0 Å². The third-order valence-corrected chi connectivity index (χ3v) is 3.69. The first-order chi connectivity index (χ1) is 9.78. The molecule has 0 spiro atoms. The molecule has 2 aromatic rings. The molecule has 1 aliphatic heterocycles. The number of benzene rings is 2. The van der Waals surface area contributed by atoms with Crippen LogP contribution in [0.4, 0.5) is 0 Å². The Balaban J connectivity index is 1.83. The van der Waals surface area contributed by atoms with E-state index in [4.69, 9.17) is 0 Å². The third kappa shape index (κ3) is 2.35. The van der Waals surface area contributed by atoms with Gasteiger partial charge in [0.2, 0.25) is 0 Å². The molecule has 3 rings (SSSR count). The molecule has 0 N–H and O–H groups in total. The summed E-state index contributed by atoms with van der Waals surface area (Å²) in [5.74, 6) is -0.0109. The van der Waals surface area contributed by atoms with Gasteiger partial charge in [-0.3, -0.25) is 9.59 Å². The molecule has 1 heterocycles. The first-order valence-electron chi connectivity index (χ1n) is 6.69. The number of hydrogen-bond acceptors (Lipinski definition) is 2. The predicted molar refractivity (Wildman–Crippen MR) is 76.7 cm³/mol. The van der Waals surface area contributed by atoms with Crippen molar-refractivity contribution < 1.29 is 9.59 Å². The highest BCUT2D eigenvalue weighted by Crippen LogP contribution is 2.20. The second-order valence-electron chi connectivity index (χ2n) is 4.99. The van der Waals surface area contributed by atoms with E-state index in [2.05, 4.69) is 12.1 Å². The first-order valence-corrected chi connectivity index (χ1v) is 6.69. The maximum atomic E-state index is 12.5. The number of fused-ring (bicyclic) bond motifs is 1. The monoisotopic (exact) mass is 265 g/mol. The van der Waals surface area contributed by atoms with Crippen LogP contribution in [0.1, 0.15) is 31.8 Å². The Kier molecular flexibility index (Phi) is 3.33. The molecule has 1 aliphatic rings. The van der Waals surface area contributed by atoms with Crippen LogP contribution in [0, 0.1) is 0 Å². The van der Waals surface area contributed by atoms with Crippen LogP contribution >= 0.6 is 0 Å². The summed E-state index contributed by atoms with van der Waals surface area (Å²) >= 11 is 0. The van der Waals surface area contributed by atoms with Crippen LogP contribution in [0.5, 0.6) is 0 Å². The molecule has 20 heavy (non-hydrogen) atoms. The van der Waals surface area contributed by atoms with Gasteiger partial charge < -0.3 is 4.90 Å². The molecule has 0 saturated heterocycles. The molecule has 0 bridgehead atoms. The molecule has 1 amide bonds. The lowest BCUT2D eigenvalue weighted by Gasteiger charge is -2.29. The normalized spacial score (nSPS) is 13.7. The lowest BCUT2D eigenvalue weighted by atomic mass is 9.99. The second-order valence-corrected chi connectivity index (χ2v) is 4.99. The molecule has 0 saturated carbocycles. The Labute approximate surface area is 117 Å². The van der Waals surface area contributed by atoms with E-state index in [1.165, 1.54) is 11.1 Å². The van der Waals surface area contributed by atoms with Gasteiger partial charge >= 0.3 is 0 Å². The van der Waals surface area contributed by atoms with E-state index < -0.39 is 0 Å².